The van der Waals surface area contributed by atoms with Gasteiger partial charge in [-0.3, -0.25) is 9.59 Å². The van der Waals surface area contributed by atoms with Gasteiger partial charge in [-0.15, -0.1) is 0 Å². The Kier molecular flexibility index (Phi) is 7.03. The number of benzene rings is 2. The molecule has 150 valence electrons. The molecule has 0 spiro atoms. The first kappa shape index (κ1) is 21.3. The molecule has 0 fully saturated rings. The Morgan fingerprint density at radius 2 is 1.61 bits per heavy atom. The fraction of sp³-hybridized carbons (Fsp3) is 0.300. The molecule has 2 rings (SSSR count). The van der Waals surface area contributed by atoms with Gasteiger partial charge in [0, 0.05) is 0 Å². The van der Waals surface area contributed by atoms with Crippen LogP contribution in [0.25, 0.3) is 0 Å². The molecule has 0 aliphatic heterocycles. The van der Waals surface area contributed by atoms with Crippen LogP contribution in [0.5, 0.6) is 17.2 Å². The van der Waals surface area contributed by atoms with Gasteiger partial charge in [0.2, 0.25) is 0 Å². The molecule has 0 bridgehead atoms. The molecule has 28 heavy (non-hydrogen) atoms. The van der Waals surface area contributed by atoms with E-state index in [0.717, 1.165) is 6.07 Å². The standard InChI is InChI=1S/C20H19F3O5/c1-3-26-19(25)12-17(24)13(2)27-14-8-10-15(11-9-14)28-18-7-5-4-6-16(18)20(21,22)23/h4-11,13H,3,12H2,1-2H3. The summed E-state index contributed by atoms with van der Waals surface area (Å²) in [6.45, 7) is 3.31. The number of esters is 1. The molecule has 2 aromatic carbocycles. The first-order valence-electron chi connectivity index (χ1n) is 8.50. The molecule has 2 aromatic rings. The summed E-state index contributed by atoms with van der Waals surface area (Å²) in [5, 5.41) is 0. The van der Waals surface area contributed by atoms with Gasteiger partial charge >= 0.3 is 12.1 Å². The van der Waals surface area contributed by atoms with E-state index in [4.69, 9.17) is 14.2 Å². The molecule has 0 aromatic heterocycles. The average molecular weight is 396 g/mol. The number of alkyl halides is 3. The van der Waals surface area contributed by atoms with Crippen molar-refractivity contribution in [3.8, 4) is 17.2 Å². The van der Waals surface area contributed by atoms with E-state index in [1.165, 1.54) is 49.4 Å². The van der Waals surface area contributed by atoms with Crippen LogP contribution in [0.15, 0.2) is 48.5 Å². The number of halogens is 3. The summed E-state index contributed by atoms with van der Waals surface area (Å²) >= 11 is 0. The van der Waals surface area contributed by atoms with Crippen LogP contribution in [0.1, 0.15) is 25.8 Å². The van der Waals surface area contributed by atoms with Crippen LogP contribution in [-0.2, 0) is 20.5 Å². The molecule has 0 radical (unpaired) electrons. The molecule has 0 heterocycles. The predicted octanol–water partition coefficient (Wildman–Crippen LogP) is 4.79. The van der Waals surface area contributed by atoms with Gasteiger partial charge in [0.1, 0.15) is 23.7 Å². The fourth-order valence-corrected chi connectivity index (χ4v) is 2.27. The molecule has 0 aliphatic rings. The molecule has 1 atom stereocenters. The van der Waals surface area contributed by atoms with E-state index >= 15 is 0 Å². The van der Waals surface area contributed by atoms with Gasteiger partial charge in [0.25, 0.3) is 0 Å². The third-order valence-electron chi connectivity index (χ3n) is 3.63. The van der Waals surface area contributed by atoms with Crippen LogP contribution < -0.4 is 9.47 Å². The van der Waals surface area contributed by atoms with Crippen molar-refractivity contribution in [2.45, 2.75) is 32.5 Å². The normalized spacial score (nSPS) is 12.2. The van der Waals surface area contributed by atoms with Gasteiger partial charge in [0.15, 0.2) is 11.9 Å². The summed E-state index contributed by atoms with van der Waals surface area (Å²) in [6.07, 6.45) is -5.82. The Morgan fingerprint density at radius 3 is 2.21 bits per heavy atom. The Morgan fingerprint density at radius 1 is 1.00 bits per heavy atom. The number of carbonyl (C=O) groups excluding carboxylic acids is 2. The lowest BCUT2D eigenvalue weighted by Gasteiger charge is -2.15. The zero-order valence-corrected chi connectivity index (χ0v) is 15.3. The minimum absolute atomic E-state index is 0.176. The highest BCUT2D eigenvalue weighted by Crippen LogP contribution is 2.38. The molecule has 5 nitrogen and oxygen atoms in total. The minimum Gasteiger partial charge on any atom is -0.483 e. The van der Waals surface area contributed by atoms with Crippen LogP contribution in [0, 0.1) is 0 Å². The van der Waals surface area contributed by atoms with Gasteiger partial charge < -0.3 is 14.2 Å². The van der Waals surface area contributed by atoms with Crippen LogP contribution in [-0.4, -0.2) is 24.5 Å². The lowest BCUT2D eigenvalue weighted by molar-refractivity contribution is -0.147. The van der Waals surface area contributed by atoms with Crippen LogP contribution in [0.2, 0.25) is 0 Å². The van der Waals surface area contributed by atoms with E-state index in [-0.39, 0.29) is 18.1 Å². The Labute approximate surface area is 160 Å². The molecule has 0 saturated carbocycles. The summed E-state index contributed by atoms with van der Waals surface area (Å²) in [6, 6.07) is 10.6. The van der Waals surface area contributed by atoms with Crippen LogP contribution in [0.4, 0.5) is 13.2 Å². The van der Waals surface area contributed by atoms with E-state index in [1.807, 2.05) is 0 Å². The summed E-state index contributed by atoms with van der Waals surface area (Å²) < 4.78 is 54.5. The number of ketones is 1. The Balaban J connectivity index is 2.01. The quantitative estimate of drug-likeness (QED) is 0.474. The first-order chi connectivity index (χ1) is 13.2. The third-order valence-corrected chi connectivity index (χ3v) is 3.63. The molecule has 8 heteroatoms. The number of rotatable bonds is 8. The minimum atomic E-state index is -4.53. The highest BCUT2D eigenvalue weighted by atomic mass is 19.4. The maximum Gasteiger partial charge on any atom is 0.419 e. The summed E-state index contributed by atoms with van der Waals surface area (Å²) in [5.41, 5.74) is -0.881. The zero-order chi connectivity index (χ0) is 20.7. The molecule has 0 saturated heterocycles. The topological polar surface area (TPSA) is 61.8 Å². The molecule has 0 aliphatic carbocycles. The number of ether oxygens (including phenoxy) is 3. The number of hydrogen-bond acceptors (Lipinski definition) is 5. The molecule has 0 N–H and O–H groups in total. The van der Waals surface area contributed by atoms with Crippen molar-refractivity contribution in [1.82, 2.24) is 0 Å². The molecular formula is C20H19F3O5. The van der Waals surface area contributed by atoms with Crippen molar-refractivity contribution in [3.05, 3.63) is 54.1 Å². The summed E-state index contributed by atoms with van der Waals surface area (Å²) in [5.74, 6) is -0.912. The van der Waals surface area contributed by atoms with Gasteiger partial charge in [-0.25, -0.2) is 0 Å². The van der Waals surface area contributed by atoms with E-state index in [0.29, 0.717) is 5.75 Å². The number of hydrogen-bond donors (Lipinski definition) is 0. The van der Waals surface area contributed by atoms with Crippen molar-refractivity contribution in [3.63, 3.8) is 0 Å². The maximum absolute atomic E-state index is 13.0. The van der Waals surface area contributed by atoms with Gasteiger partial charge in [-0.2, -0.15) is 13.2 Å². The number of Topliss-reactive ketones (excluding diaryl/α,β-unsaturated/α-hetero) is 1. The summed E-state index contributed by atoms with van der Waals surface area (Å²) in [4.78, 5) is 23.2. The second-order valence-corrected chi connectivity index (χ2v) is 5.78. The van der Waals surface area contributed by atoms with Crippen LogP contribution >= 0.6 is 0 Å². The maximum atomic E-state index is 13.0. The van der Waals surface area contributed by atoms with Crippen molar-refractivity contribution < 1.29 is 37.0 Å². The monoisotopic (exact) mass is 396 g/mol. The molecule has 0 amide bonds. The smallest absolute Gasteiger partial charge is 0.419 e. The van der Waals surface area contributed by atoms with Gasteiger partial charge in [-0.1, -0.05) is 12.1 Å². The third kappa shape index (κ3) is 6.00. The molecule has 1 unspecified atom stereocenters. The lowest BCUT2D eigenvalue weighted by Crippen LogP contribution is -2.26. The van der Waals surface area contributed by atoms with Crippen LogP contribution in [0.3, 0.4) is 0 Å². The lowest BCUT2D eigenvalue weighted by atomic mass is 10.2. The van der Waals surface area contributed by atoms with Crippen molar-refractivity contribution in [2.75, 3.05) is 6.61 Å². The van der Waals surface area contributed by atoms with Gasteiger partial charge in [0.05, 0.1) is 12.2 Å². The largest absolute Gasteiger partial charge is 0.483 e. The fourth-order valence-electron chi connectivity index (χ4n) is 2.27. The Hall–Kier alpha value is -3.03. The summed E-state index contributed by atoms with van der Waals surface area (Å²) in [7, 11) is 0. The van der Waals surface area contributed by atoms with Gasteiger partial charge in [-0.05, 0) is 50.2 Å². The van der Waals surface area contributed by atoms with E-state index in [2.05, 4.69) is 0 Å². The van der Waals surface area contributed by atoms with Crippen molar-refractivity contribution >= 4 is 11.8 Å². The van der Waals surface area contributed by atoms with E-state index in [9.17, 15) is 22.8 Å². The van der Waals surface area contributed by atoms with E-state index in [1.54, 1.807) is 6.92 Å². The second-order valence-electron chi connectivity index (χ2n) is 5.78. The van der Waals surface area contributed by atoms with Crippen molar-refractivity contribution in [2.24, 2.45) is 0 Å². The van der Waals surface area contributed by atoms with Crippen molar-refractivity contribution in [1.29, 1.82) is 0 Å². The first-order valence-corrected chi connectivity index (χ1v) is 8.50. The highest BCUT2D eigenvalue weighted by molar-refractivity contribution is 5.97. The predicted molar refractivity (Wildman–Crippen MR) is 94.3 cm³/mol. The zero-order valence-electron chi connectivity index (χ0n) is 15.3. The second kappa shape index (κ2) is 9.25. The average Bonchev–Trinajstić information content (AvgIpc) is 2.63. The number of carbonyl (C=O) groups is 2. The SMILES string of the molecule is CCOC(=O)CC(=O)C(C)Oc1ccc(Oc2ccccc2C(F)(F)F)cc1. The highest BCUT2D eigenvalue weighted by Gasteiger charge is 2.34. The number of para-hydroxylation sites is 1. The molecular weight excluding hydrogens is 377 g/mol. The van der Waals surface area contributed by atoms with E-state index < -0.39 is 36.0 Å². The Bertz CT molecular complexity index is 815.